The highest BCUT2D eigenvalue weighted by Gasteiger charge is 2.52. The van der Waals surface area contributed by atoms with E-state index in [4.69, 9.17) is 8.98 Å². The summed E-state index contributed by atoms with van der Waals surface area (Å²) in [5, 5.41) is -4.56. The van der Waals surface area contributed by atoms with Gasteiger partial charge in [0.05, 0.1) is 5.41 Å². The van der Waals surface area contributed by atoms with Crippen molar-refractivity contribution >= 4 is 24.4 Å². The van der Waals surface area contributed by atoms with Crippen molar-refractivity contribution in [1.29, 1.82) is 0 Å². The minimum absolute atomic E-state index is 0.350. The predicted molar refractivity (Wildman–Crippen MR) is 79.7 cm³/mol. The van der Waals surface area contributed by atoms with Crippen LogP contribution in [0, 0.1) is 5.41 Å². The quantitative estimate of drug-likeness (QED) is 0.406. The Bertz CT molecular complexity index is 504. The minimum atomic E-state index is -5.66. The zero-order valence-corrected chi connectivity index (χ0v) is 15.5. The molecule has 1 atom stereocenters. The van der Waals surface area contributed by atoms with E-state index in [-0.39, 0.29) is 0 Å². The molecule has 0 fully saturated rings. The van der Waals surface area contributed by atoms with Gasteiger partial charge in [0.2, 0.25) is 0 Å². The summed E-state index contributed by atoms with van der Waals surface area (Å²) in [5.41, 5.74) is -1.08. The molecular weight excluding hydrogens is 338 g/mol. The molecule has 0 aromatic heterocycles. The molecule has 0 bridgehead atoms. The third-order valence-electron chi connectivity index (χ3n) is 3.56. The molecule has 0 spiro atoms. The van der Waals surface area contributed by atoms with Gasteiger partial charge in [-0.15, -0.1) is 0 Å². The molecule has 1 unspecified atom stereocenters. The van der Waals surface area contributed by atoms with Crippen LogP contribution in [0.4, 0.5) is 8.78 Å². The molecule has 10 heteroatoms. The summed E-state index contributed by atoms with van der Waals surface area (Å²) in [4.78, 5) is 12.0. The second-order valence-electron chi connectivity index (χ2n) is 6.43. The average molecular weight is 362 g/mol. The lowest BCUT2D eigenvalue weighted by atomic mass is 9.90. The van der Waals surface area contributed by atoms with Crippen molar-refractivity contribution in [3.05, 3.63) is 0 Å². The Balaban J connectivity index is 4.91. The van der Waals surface area contributed by atoms with Gasteiger partial charge in [-0.1, -0.05) is 0 Å². The van der Waals surface area contributed by atoms with Gasteiger partial charge in [-0.3, -0.25) is 9.35 Å². The molecule has 0 radical (unpaired) electrons. The van der Waals surface area contributed by atoms with Crippen LogP contribution >= 0.6 is 0 Å². The summed E-state index contributed by atoms with van der Waals surface area (Å²) in [5.74, 6) is -0.954. The van der Waals surface area contributed by atoms with Gasteiger partial charge in [0, 0.05) is 7.11 Å². The number of ether oxygens (including phenoxy) is 1. The van der Waals surface area contributed by atoms with Gasteiger partial charge >= 0.3 is 21.3 Å². The SMILES string of the molecule is CO[Si](C)(C)CCC(C)(C)C(=O)OC(C)C(F)(F)S(=O)(=O)O. The Morgan fingerprint density at radius 2 is 1.77 bits per heavy atom. The number of halogens is 2. The molecule has 22 heavy (non-hydrogen) atoms. The van der Waals surface area contributed by atoms with E-state index in [0.29, 0.717) is 12.5 Å². The maximum atomic E-state index is 13.4. The molecule has 0 rings (SSSR count). The van der Waals surface area contributed by atoms with Crippen LogP contribution in [-0.2, 0) is 24.1 Å². The van der Waals surface area contributed by atoms with Crippen LogP contribution in [0.1, 0.15) is 27.2 Å². The molecule has 0 aromatic rings. The lowest BCUT2D eigenvalue weighted by Gasteiger charge is -2.29. The molecule has 0 aliphatic heterocycles. The summed E-state index contributed by atoms with van der Waals surface area (Å²) in [6.07, 6.45) is -1.94. The van der Waals surface area contributed by atoms with Crippen LogP contribution in [0.5, 0.6) is 0 Å². The summed E-state index contributed by atoms with van der Waals surface area (Å²) in [7, 11) is -6.01. The van der Waals surface area contributed by atoms with Crippen molar-refractivity contribution in [2.45, 2.75) is 57.7 Å². The first-order valence-electron chi connectivity index (χ1n) is 6.68. The zero-order valence-electron chi connectivity index (χ0n) is 13.6. The maximum absolute atomic E-state index is 13.4. The van der Waals surface area contributed by atoms with E-state index >= 15 is 0 Å². The van der Waals surface area contributed by atoms with Gasteiger partial charge in [-0.05, 0) is 46.3 Å². The van der Waals surface area contributed by atoms with Gasteiger partial charge in [-0.25, -0.2) is 0 Å². The smallest absolute Gasteiger partial charge is 0.405 e. The van der Waals surface area contributed by atoms with Gasteiger partial charge in [0.25, 0.3) is 0 Å². The van der Waals surface area contributed by atoms with Crippen LogP contribution in [0.15, 0.2) is 0 Å². The fraction of sp³-hybridized carbons (Fsp3) is 0.917. The number of hydrogen-bond donors (Lipinski definition) is 1. The Hall–Kier alpha value is -0.583. The molecule has 1 N–H and O–H groups in total. The highest BCUT2D eigenvalue weighted by molar-refractivity contribution is 7.86. The molecule has 0 aliphatic rings. The molecule has 0 saturated carbocycles. The lowest BCUT2D eigenvalue weighted by molar-refractivity contribution is -0.170. The van der Waals surface area contributed by atoms with E-state index in [1.807, 2.05) is 13.1 Å². The largest absolute Gasteiger partial charge is 0.455 e. The predicted octanol–water partition coefficient (Wildman–Crippen LogP) is 2.67. The Kier molecular flexibility index (Phi) is 6.71. The molecule has 6 nitrogen and oxygen atoms in total. The maximum Gasteiger partial charge on any atom is 0.405 e. The van der Waals surface area contributed by atoms with Crippen LogP contribution in [0.3, 0.4) is 0 Å². The Labute approximate surface area is 131 Å². The van der Waals surface area contributed by atoms with E-state index in [1.165, 1.54) is 13.8 Å². The molecule has 132 valence electrons. The first kappa shape index (κ1) is 21.4. The van der Waals surface area contributed by atoms with Gasteiger partial charge < -0.3 is 9.16 Å². The number of esters is 1. The molecular formula is C12H24F2O6SSi. The Morgan fingerprint density at radius 3 is 2.14 bits per heavy atom. The third-order valence-corrected chi connectivity index (χ3v) is 7.14. The monoisotopic (exact) mass is 362 g/mol. The van der Waals surface area contributed by atoms with Crippen molar-refractivity contribution in [2.24, 2.45) is 5.41 Å². The Morgan fingerprint density at radius 1 is 1.32 bits per heavy atom. The second kappa shape index (κ2) is 6.89. The highest BCUT2D eigenvalue weighted by Crippen LogP contribution is 2.32. The van der Waals surface area contributed by atoms with E-state index in [2.05, 4.69) is 4.74 Å². The van der Waals surface area contributed by atoms with Gasteiger partial charge in [0.1, 0.15) is 0 Å². The first-order chi connectivity index (χ1) is 9.57. The summed E-state index contributed by atoms with van der Waals surface area (Å²) in [6.45, 7) is 7.66. The van der Waals surface area contributed by atoms with Crippen LogP contribution < -0.4 is 0 Å². The van der Waals surface area contributed by atoms with Crippen LogP contribution in [0.25, 0.3) is 0 Å². The number of alkyl halides is 2. The van der Waals surface area contributed by atoms with Gasteiger partial charge in [-0.2, -0.15) is 17.2 Å². The van der Waals surface area contributed by atoms with Crippen molar-refractivity contribution in [3.63, 3.8) is 0 Å². The summed E-state index contributed by atoms with van der Waals surface area (Å²) >= 11 is 0. The van der Waals surface area contributed by atoms with Crippen molar-refractivity contribution in [3.8, 4) is 0 Å². The lowest BCUT2D eigenvalue weighted by Crippen LogP contribution is -2.44. The fourth-order valence-corrected chi connectivity index (χ4v) is 3.31. The summed E-state index contributed by atoms with van der Waals surface area (Å²) < 4.78 is 66.4. The van der Waals surface area contributed by atoms with E-state index in [1.54, 1.807) is 7.11 Å². The number of carbonyl (C=O) groups excluding carboxylic acids is 1. The van der Waals surface area contributed by atoms with E-state index in [0.717, 1.165) is 6.92 Å². The van der Waals surface area contributed by atoms with E-state index < -0.39 is 41.2 Å². The van der Waals surface area contributed by atoms with Crippen LogP contribution in [0.2, 0.25) is 19.1 Å². The third kappa shape index (κ3) is 5.56. The van der Waals surface area contributed by atoms with Crippen molar-refractivity contribution in [1.82, 2.24) is 0 Å². The number of rotatable bonds is 8. The fourth-order valence-electron chi connectivity index (χ4n) is 1.42. The summed E-state index contributed by atoms with van der Waals surface area (Å²) in [6, 6.07) is 0.606. The topological polar surface area (TPSA) is 89.9 Å². The normalized spacial score (nSPS) is 15.5. The first-order valence-corrected chi connectivity index (χ1v) is 11.2. The molecule has 0 aliphatic carbocycles. The standard InChI is InChI=1S/C12H24F2O6SSi/c1-9(12(13,14)21(16,17)18)20-10(15)11(2,3)7-8-22(5,6)19-4/h9H,7-8H2,1-6H3,(H,16,17,18). The van der Waals surface area contributed by atoms with Crippen LogP contribution in [-0.4, -0.2) is 45.7 Å². The average Bonchev–Trinajstić information content (AvgIpc) is 2.35. The molecule has 0 saturated heterocycles. The molecule has 0 heterocycles. The second-order valence-corrected chi connectivity index (χ2v) is 12.4. The molecule has 0 aromatic carbocycles. The minimum Gasteiger partial charge on any atom is -0.455 e. The number of hydrogen-bond acceptors (Lipinski definition) is 5. The van der Waals surface area contributed by atoms with Crippen molar-refractivity contribution in [2.75, 3.05) is 7.11 Å². The number of carbonyl (C=O) groups is 1. The van der Waals surface area contributed by atoms with Gasteiger partial charge in [0.15, 0.2) is 14.4 Å². The molecule has 0 amide bonds. The zero-order chi connectivity index (χ0) is 18.0. The van der Waals surface area contributed by atoms with Crippen molar-refractivity contribution < 1.29 is 35.7 Å². The van der Waals surface area contributed by atoms with E-state index in [9.17, 15) is 22.0 Å². The highest BCUT2D eigenvalue weighted by atomic mass is 32.2.